The van der Waals surface area contributed by atoms with Crippen LogP contribution in [0.25, 0.3) is 0 Å². The maximum absolute atomic E-state index is 10.9. The zero-order chi connectivity index (χ0) is 9.14. The smallest absolute Gasteiger partial charge is 0.229 e. The molecule has 0 aliphatic heterocycles. The maximum Gasteiger partial charge on any atom is 0.229 e. The third-order valence-electron chi connectivity index (χ3n) is 2.13. The van der Waals surface area contributed by atoms with Crippen LogP contribution in [0.3, 0.4) is 0 Å². The fourth-order valence-electron chi connectivity index (χ4n) is 1.30. The second-order valence-corrected chi connectivity index (χ2v) is 2.97. The summed E-state index contributed by atoms with van der Waals surface area (Å²) in [7, 11) is 1.87. The Kier molecular flexibility index (Phi) is 2.76. The van der Waals surface area contributed by atoms with E-state index in [9.17, 15) is 9.59 Å². The van der Waals surface area contributed by atoms with E-state index in [4.69, 9.17) is 0 Å². The minimum atomic E-state index is -0.297. The van der Waals surface area contributed by atoms with Gasteiger partial charge in [0.1, 0.15) is 0 Å². The standard InChI is InChI=1S/C9H13NO2/c1-6-7(4-3-5-10-2)9(12)8(6)11/h10H,3-5H2,1-2H3. The molecule has 0 heterocycles. The summed E-state index contributed by atoms with van der Waals surface area (Å²) in [6.45, 7) is 2.61. The van der Waals surface area contributed by atoms with Gasteiger partial charge in [0.25, 0.3) is 0 Å². The maximum atomic E-state index is 10.9. The van der Waals surface area contributed by atoms with E-state index in [1.165, 1.54) is 0 Å². The minimum absolute atomic E-state index is 0.274. The molecule has 0 radical (unpaired) electrons. The van der Waals surface area contributed by atoms with Gasteiger partial charge in [-0.25, -0.2) is 0 Å². The lowest BCUT2D eigenvalue weighted by Crippen LogP contribution is -2.38. The summed E-state index contributed by atoms with van der Waals surface area (Å²) in [6, 6.07) is 0. The van der Waals surface area contributed by atoms with E-state index < -0.39 is 0 Å². The molecule has 1 N–H and O–H groups in total. The van der Waals surface area contributed by atoms with Crippen molar-refractivity contribution >= 4 is 0 Å². The van der Waals surface area contributed by atoms with Crippen LogP contribution in [0, 0.1) is 6.92 Å². The first-order valence-electron chi connectivity index (χ1n) is 4.12. The van der Waals surface area contributed by atoms with Crippen molar-refractivity contribution in [3.8, 4) is 0 Å². The van der Waals surface area contributed by atoms with Crippen molar-refractivity contribution in [2.45, 2.75) is 19.8 Å². The van der Waals surface area contributed by atoms with Gasteiger partial charge in [-0.15, -0.1) is 0 Å². The van der Waals surface area contributed by atoms with Gasteiger partial charge < -0.3 is 5.32 Å². The number of hydrogen-bond donors (Lipinski definition) is 1. The van der Waals surface area contributed by atoms with Gasteiger partial charge in [0.15, 0.2) is 0 Å². The zero-order valence-electron chi connectivity index (χ0n) is 7.44. The number of nitrogens with one attached hydrogen (secondary N) is 1. The van der Waals surface area contributed by atoms with Crippen molar-refractivity contribution in [3.05, 3.63) is 31.6 Å². The SMILES string of the molecule is CNCCCc1c(C)c(=O)c1=O. The Morgan fingerprint density at radius 1 is 1.25 bits per heavy atom. The first-order chi connectivity index (χ1) is 5.68. The molecule has 0 aliphatic rings. The third-order valence-corrected chi connectivity index (χ3v) is 2.13. The molecule has 0 unspecified atom stereocenters. The lowest BCUT2D eigenvalue weighted by atomic mass is 9.98. The summed E-state index contributed by atoms with van der Waals surface area (Å²) in [5.41, 5.74) is 0.824. The lowest BCUT2D eigenvalue weighted by molar-refractivity contribution is 0.716. The molecule has 0 spiro atoms. The summed E-state index contributed by atoms with van der Waals surface area (Å²) in [5.74, 6) is 0. The molecule has 1 aromatic carbocycles. The van der Waals surface area contributed by atoms with Crippen LogP contribution in [0.4, 0.5) is 0 Å². The Hall–Kier alpha value is -0.960. The van der Waals surface area contributed by atoms with Crippen LogP contribution in [-0.4, -0.2) is 13.6 Å². The second kappa shape index (κ2) is 3.63. The Balaban J connectivity index is 2.55. The van der Waals surface area contributed by atoms with E-state index in [0.717, 1.165) is 24.9 Å². The molecule has 0 saturated carbocycles. The van der Waals surface area contributed by atoms with Crippen LogP contribution < -0.4 is 16.2 Å². The molecule has 0 amide bonds. The van der Waals surface area contributed by atoms with Gasteiger partial charge in [0.2, 0.25) is 10.9 Å². The topological polar surface area (TPSA) is 46.2 Å². The highest BCUT2D eigenvalue weighted by atomic mass is 16.2. The number of hydrogen-bond acceptors (Lipinski definition) is 3. The highest BCUT2D eigenvalue weighted by Crippen LogP contribution is 2.01. The Morgan fingerprint density at radius 2 is 1.92 bits per heavy atom. The molecule has 0 bridgehead atoms. The zero-order valence-corrected chi connectivity index (χ0v) is 7.44. The summed E-state index contributed by atoms with van der Waals surface area (Å²) in [5, 5.41) is 2.99. The van der Waals surface area contributed by atoms with Gasteiger partial charge in [-0.3, -0.25) is 9.59 Å². The van der Waals surface area contributed by atoms with Crippen molar-refractivity contribution in [3.63, 3.8) is 0 Å². The molecule has 0 aromatic heterocycles. The molecule has 3 heteroatoms. The van der Waals surface area contributed by atoms with Gasteiger partial charge in [0.05, 0.1) is 0 Å². The van der Waals surface area contributed by atoms with Crippen molar-refractivity contribution < 1.29 is 0 Å². The Bertz CT molecular complexity index is 334. The van der Waals surface area contributed by atoms with Gasteiger partial charge in [-0.05, 0) is 33.4 Å². The molecule has 0 atom stereocenters. The average molecular weight is 167 g/mol. The molecule has 0 fully saturated rings. The quantitative estimate of drug-likeness (QED) is 0.496. The molecule has 0 aliphatic carbocycles. The van der Waals surface area contributed by atoms with Crippen LogP contribution in [0.1, 0.15) is 17.5 Å². The van der Waals surface area contributed by atoms with Crippen molar-refractivity contribution in [2.75, 3.05) is 13.6 Å². The van der Waals surface area contributed by atoms with Gasteiger partial charge in [-0.1, -0.05) is 0 Å². The fourth-order valence-corrected chi connectivity index (χ4v) is 1.30. The summed E-state index contributed by atoms with van der Waals surface area (Å²) in [6.07, 6.45) is 1.65. The van der Waals surface area contributed by atoms with Crippen LogP contribution in [0.15, 0.2) is 9.59 Å². The molecule has 1 aromatic rings. The van der Waals surface area contributed by atoms with Crippen molar-refractivity contribution in [2.24, 2.45) is 0 Å². The van der Waals surface area contributed by atoms with E-state index in [0.29, 0.717) is 5.56 Å². The fraction of sp³-hybridized carbons (Fsp3) is 0.556. The highest BCUT2D eigenvalue weighted by Gasteiger charge is 2.14. The molecule has 1 rings (SSSR count). The van der Waals surface area contributed by atoms with Crippen LogP contribution in [0.5, 0.6) is 0 Å². The molecule has 3 nitrogen and oxygen atoms in total. The molecular weight excluding hydrogens is 154 g/mol. The first kappa shape index (κ1) is 9.13. The molecule has 0 saturated heterocycles. The van der Waals surface area contributed by atoms with E-state index in [2.05, 4.69) is 5.32 Å². The number of rotatable bonds is 4. The monoisotopic (exact) mass is 167 g/mol. The summed E-state index contributed by atoms with van der Waals surface area (Å²) in [4.78, 5) is 21.7. The van der Waals surface area contributed by atoms with Crippen LogP contribution in [0.2, 0.25) is 0 Å². The van der Waals surface area contributed by atoms with E-state index >= 15 is 0 Å². The predicted molar refractivity (Wildman–Crippen MR) is 48.3 cm³/mol. The summed E-state index contributed by atoms with van der Waals surface area (Å²) >= 11 is 0. The van der Waals surface area contributed by atoms with E-state index in [-0.39, 0.29) is 10.9 Å². The Labute approximate surface area is 71.1 Å². The van der Waals surface area contributed by atoms with E-state index in [1.807, 2.05) is 7.05 Å². The third kappa shape index (κ3) is 1.46. The van der Waals surface area contributed by atoms with Crippen molar-refractivity contribution in [1.82, 2.24) is 5.32 Å². The molecule has 66 valence electrons. The molecular formula is C9H13NO2. The lowest BCUT2D eigenvalue weighted by Gasteiger charge is -2.05. The van der Waals surface area contributed by atoms with Crippen LogP contribution >= 0.6 is 0 Å². The normalized spacial score (nSPS) is 10.8. The largest absolute Gasteiger partial charge is 0.320 e. The summed E-state index contributed by atoms with van der Waals surface area (Å²) < 4.78 is 0. The van der Waals surface area contributed by atoms with Gasteiger partial charge in [0, 0.05) is 11.1 Å². The average Bonchev–Trinajstić information content (AvgIpc) is 2.11. The first-order valence-corrected chi connectivity index (χ1v) is 4.12. The Morgan fingerprint density at radius 3 is 2.42 bits per heavy atom. The van der Waals surface area contributed by atoms with Crippen molar-refractivity contribution in [1.29, 1.82) is 0 Å². The van der Waals surface area contributed by atoms with Gasteiger partial charge in [-0.2, -0.15) is 0 Å². The predicted octanol–water partition coefficient (Wildman–Crippen LogP) is -0.257. The minimum Gasteiger partial charge on any atom is -0.320 e. The van der Waals surface area contributed by atoms with Gasteiger partial charge >= 0.3 is 0 Å². The second-order valence-electron chi connectivity index (χ2n) is 2.97. The van der Waals surface area contributed by atoms with E-state index in [1.54, 1.807) is 6.92 Å². The van der Waals surface area contributed by atoms with Crippen LogP contribution in [-0.2, 0) is 6.42 Å². The highest BCUT2D eigenvalue weighted by molar-refractivity contribution is 5.31. The molecule has 12 heavy (non-hydrogen) atoms.